The average Bonchev–Trinajstić information content (AvgIpc) is 3.34. The summed E-state index contributed by atoms with van der Waals surface area (Å²) < 4.78 is 0. The molecule has 1 aliphatic rings. The van der Waals surface area contributed by atoms with E-state index in [-0.39, 0.29) is 25.5 Å². The van der Waals surface area contributed by atoms with Gasteiger partial charge in [0.15, 0.2) is 0 Å². The molecule has 0 saturated carbocycles. The average molecular weight is 789 g/mol. The van der Waals surface area contributed by atoms with Gasteiger partial charge < -0.3 is 4.98 Å². The summed E-state index contributed by atoms with van der Waals surface area (Å²) in [5.74, 6) is 0. The van der Waals surface area contributed by atoms with E-state index in [1.165, 1.54) is 87.7 Å². The second-order valence-electron chi connectivity index (χ2n) is 13.3. The normalized spacial score (nSPS) is 12.7. The molecule has 7 rings (SSSR count). The van der Waals surface area contributed by atoms with Gasteiger partial charge in [-0.3, -0.25) is 0 Å². The van der Waals surface area contributed by atoms with Gasteiger partial charge in [0.2, 0.25) is 0 Å². The van der Waals surface area contributed by atoms with Crippen LogP contribution in [0.1, 0.15) is 69.6 Å². The number of hydrogen-bond donors (Lipinski definition) is 0. The smallest absolute Gasteiger partial charge is 0.0239 e. The molecule has 237 valence electrons. The third-order valence-corrected chi connectivity index (χ3v) is 9.78. The van der Waals surface area contributed by atoms with E-state index in [4.69, 9.17) is 4.98 Å². The van der Waals surface area contributed by atoms with Crippen LogP contribution >= 0.6 is 0 Å². The van der Waals surface area contributed by atoms with Gasteiger partial charge in [-0.25, -0.2) is 0 Å². The first-order chi connectivity index (χ1) is 22.5. The second-order valence-corrected chi connectivity index (χ2v) is 13.3. The Morgan fingerprint density at radius 2 is 1.21 bits per heavy atom. The standard InChI is InChI=1S/C45H42N.Ir/c1-4-5-6-7-8-14-32-15-11-16-33(27-32)34-17-12-18-35(28-34)36-19-13-20-37(29-36)39-24-26-44(46-31-39)38-23-25-41-40-21-9-10-22-42(40)45(2,3)43(41)30-38;/h9-13,15-22,24-31H,4-8,14H2,1-3H3;/q-1;. The molecule has 47 heavy (non-hydrogen) atoms. The number of nitrogens with zero attached hydrogens (tertiary/aromatic N) is 1. The van der Waals surface area contributed by atoms with Gasteiger partial charge in [0.1, 0.15) is 0 Å². The summed E-state index contributed by atoms with van der Waals surface area (Å²) in [6.07, 6.45) is 9.73. The molecule has 1 nitrogen and oxygen atoms in total. The number of rotatable bonds is 10. The van der Waals surface area contributed by atoms with Crippen LogP contribution in [-0.4, -0.2) is 4.98 Å². The Hall–Kier alpha value is -4.10. The van der Waals surface area contributed by atoms with Crippen molar-refractivity contribution in [3.63, 3.8) is 0 Å². The Balaban J connectivity index is 0.00000386. The first-order valence-electron chi connectivity index (χ1n) is 16.9. The largest absolute Gasteiger partial charge is 0.304 e. The van der Waals surface area contributed by atoms with Crippen molar-refractivity contribution in [1.29, 1.82) is 0 Å². The molecule has 0 aliphatic heterocycles. The van der Waals surface area contributed by atoms with Crippen molar-refractivity contribution in [1.82, 2.24) is 4.98 Å². The minimum absolute atomic E-state index is 0. The number of fused-ring (bicyclic) bond motifs is 3. The quantitative estimate of drug-likeness (QED) is 0.0995. The van der Waals surface area contributed by atoms with Gasteiger partial charge in [-0.15, -0.1) is 29.3 Å². The topological polar surface area (TPSA) is 12.9 Å². The van der Waals surface area contributed by atoms with E-state index in [1.807, 2.05) is 6.20 Å². The maximum absolute atomic E-state index is 4.92. The van der Waals surface area contributed by atoms with E-state index in [2.05, 4.69) is 148 Å². The molecule has 0 saturated heterocycles. The minimum atomic E-state index is -0.0376. The summed E-state index contributed by atoms with van der Waals surface area (Å²) in [5, 5.41) is 0. The van der Waals surface area contributed by atoms with Gasteiger partial charge in [0.25, 0.3) is 0 Å². The molecule has 0 spiro atoms. The van der Waals surface area contributed by atoms with E-state index >= 15 is 0 Å². The Kier molecular flexibility index (Phi) is 10.0. The number of aryl methyl sites for hydroxylation is 1. The van der Waals surface area contributed by atoms with Crippen LogP contribution in [0.2, 0.25) is 0 Å². The fourth-order valence-electron chi connectivity index (χ4n) is 7.11. The van der Waals surface area contributed by atoms with Gasteiger partial charge in [0.05, 0.1) is 0 Å². The van der Waals surface area contributed by atoms with Crippen LogP contribution in [0.5, 0.6) is 0 Å². The van der Waals surface area contributed by atoms with E-state index in [0.717, 1.165) is 23.2 Å². The summed E-state index contributed by atoms with van der Waals surface area (Å²) >= 11 is 0. The van der Waals surface area contributed by atoms with Crippen molar-refractivity contribution in [2.45, 2.75) is 64.7 Å². The van der Waals surface area contributed by atoms with Crippen LogP contribution < -0.4 is 0 Å². The summed E-state index contributed by atoms with van der Waals surface area (Å²) in [7, 11) is 0. The van der Waals surface area contributed by atoms with E-state index < -0.39 is 0 Å². The van der Waals surface area contributed by atoms with Crippen molar-refractivity contribution >= 4 is 0 Å². The van der Waals surface area contributed by atoms with Gasteiger partial charge in [-0.2, -0.15) is 0 Å². The van der Waals surface area contributed by atoms with E-state index in [1.54, 1.807) is 0 Å². The predicted molar refractivity (Wildman–Crippen MR) is 195 cm³/mol. The SMILES string of the molecule is CCCCCCCc1cccc(-c2cccc(-c3cccc(-c4ccc(-c5[c-]cc6c(c5)C(C)(C)c5ccccc5-6)nc4)c3)c2)c1.[Ir]. The van der Waals surface area contributed by atoms with Crippen molar-refractivity contribution in [3.8, 4) is 55.8 Å². The number of aromatic nitrogens is 1. The maximum Gasteiger partial charge on any atom is 0.0239 e. The van der Waals surface area contributed by atoms with Gasteiger partial charge in [-0.05, 0) is 80.6 Å². The molecule has 5 aromatic carbocycles. The molecule has 6 aromatic rings. The van der Waals surface area contributed by atoms with Gasteiger partial charge in [0, 0.05) is 26.3 Å². The van der Waals surface area contributed by atoms with Crippen molar-refractivity contribution in [2.24, 2.45) is 0 Å². The molecule has 2 heteroatoms. The molecule has 0 unspecified atom stereocenters. The van der Waals surface area contributed by atoms with Crippen LogP contribution in [0.15, 0.2) is 128 Å². The molecule has 0 N–H and O–H groups in total. The summed E-state index contributed by atoms with van der Waals surface area (Å²) in [6, 6.07) is 47.9. The third kappa shape index (κ3) is 6.82. The third-order valence-electron chi connectivity index (χ3n) is 9.78. The fraction of sp³-hybridized carbons (Fsp3) is 0.222. The van der Waals surface area contributed by atoms with Crippen molar-refractivity contribution in [2.75, 3.05) is 0 Å². The fourth-order valence-corrected chi connectivity index (χ4v) is 7.11. The molecule has 0 fully saturated rings. The molecule has 0 bridgehead atoms. The van der Waals surface area contributed by atoms with E-state index in [9.17, 15) is 0 Å². The molecule has 1 heterocycles. The molecular weight excluding hydrogens is 747 g/mol. The monoisotopic (exact) mass is 789 g/mol. The van der Waals surface area contributed by atoms with Crippen LogP contribution in [0, 0.1) is 6.07 Å². The van der Waals surface area contributed by atoms with Crippen molar-refractivity contribution in [3.05, 3.63) is 150 Å². The molecule has 1 radical (unpaired) electrons. The Bertz CT molecular complexity index is 1990. The zero-order valence-corrected chi connectivity index (χ0v) is 30.0. The zero-order chi connectivity index (χ0) is 31.5. The van der Waals surface area contributed by atoms with Crippen molar-refractivity contribution < 1.29 is 20.1 Å². The summed E-state index contributed by atoms with van der Waals surface area (Å²) in [6.45, 7) is 6.90. The van der Waals surface area contributed by atoms with Crippen LogP contribution in [0.25, 0.3) is 55.8 Å². The molecule has 0 atom stereocenters. The number of hydrogen-bond acceptors (Lipinski definition) is 1. The van der Waals surface area contributed by atoms with Gasteiger partial charge >= 0.3 is 0 Å². The van der Waals surface area contributed by atoms with Crippen LogP contribution in [0.3, 0.4) is 0 Å². The number of unbranched alkanes of at least 4 members (excludes halogenated alkanes) is 4. The van der Waals surface area contributed by atoms with Gasteiger partial charge in [-0.1, -0.05) is 155 Å². The first-order valence-corrected chi connectivity index (χ1v) is 16.9. The molecule has 1 aromatic heterocycles. The second kappa shape index (κ2) is 14.3. The van der Waals surface area contributed by atoms with E-state index in [0.29, 0.717) is 0 Å². The predicted octanol–water partition coefficient (Wildman–Crippen LogP) is 12.4. The molecule has 1 aliphatic carbocycles. The number of benzene rings is 5. The molecule has 0 amide bonds. The van der Waals surface area contributed by atoms with Crippen LogP contribution in [-0.2, 0) is 31.9 Å². The summed E-state index contributed by atoms with van der Waals surface area (Å²) in [4.78, 5) is 4.92. The van der Waals surface area contributed by atoms with Crippen LogP contribution in [0.4, 0.5) is 0 Å². The minimum Gasteiger partial charge on any atom is -0.304 e. The maximum atomic E-state index is 4.92. The first kappa shape index (κ1) is 32.8. The number of pyridine rings is 1. The summed E-state index contributed by atoms with van der Waals surface area (Å²) in [5.41, 5.74) is 16.0. The zero-order valence-electron chi connectivity index (χ0n) is 27.6. The Labute approximate surface area is 294 Å². The Morgan fingerprint density at radius 3 is 1.89 bits per heavy atom. The molecular formula is C45H42IrN-. The Morgan fingerprint density at radius 1 is 0.574 bits per heavy atom.